The first-order valence-electron chi connectivity index (χ1n) is 9.97. The van der Waals surface area contributed by atoms with E-state index in [0.29, 0.717) is 19.5 Å². The van der Waals surface area contributed by atoms with Crippen LogP contribution in [0.2, 0.25) is 0 Å². The monoisotopic (exact) mass is 396 g/mol. The minimum Gasteiger partial charge on any atom is -0.481 e. The van der Waals surface area contributed by atoms with Gasteiger partial charge in [0.25, 0.3) is 5.91 Å². The third kappa shape index (κ3) is 3.77. The highest BCUT2D eigenvalue weighted by Crippen LogP contribution is 2.34. The van der Waals surface area contributed by atoms with Gasteiger partial charge in [0, 0.05) is 25.6 Å². The molecule has 3 atom stereocenters. The number of amides is 2. The van der Waals surface area contributed by atoms with E-state index in [-0.39, 0.29) is 30.0 Å². The van der Waals surface area contributed by atoms with E-state index in [1.807, 2.05) is 30.3 Å². The molecule has 2 aliphatic rings. The predicted octanol–water partition coefficient (Wildman–Crippen LogP) is 2.60. The van der Waals surface area contributed by atoms with Gasteiger partial charge < -0.3 is 19.3 Å². The van der Waals surface area contributed by atoms with Crippen LogP contribution in [0, 0.1) is 5.92 Å². The summed E-state index contributed by atoms with van der Waals surface area (Å²) in [7, 11) is 0. The topological polar surface area (TPSA) is 91.1 Å². The summed E-state index contributed by atoms with van der Waals surface area (Å²) in [4.78, 5) is 41.2. The fraction of sp³-hybridized carbons (Fsp3) is 0.409. The standard InChI is InChI=1S/C22H24N2O5/c25-20(18-9-4-5-11-24(18)21(26)19-10-6-12-29-19)23-13-16(17(14-23)22(27)28)15-7-2-1-3-8-15/h1-3,6-8,10,12,16-18H,4-5,9,11,13-14H2,(H,27,28)/t16-,17-,18?/m1/s1. The lowest BCUT2D eigenvalue weighted by Gasteiger charge is -2.36. The maximum Gasteiger partial charge on any atom is 0.308 e. The molecule has 0 aliphatic carbocycles. The van der Waals surface area contributed by atoms with Gasteiger partial charge in [-0.05, 0) is 37.0 Å². The molecule has 1 N–H and O–H groups in total. The molecule has 152 valence electrons. The Hall–Kier alpha value is -3.09. The van der Waals surface area contributed by atoms with Gasteiger partial charge in [0.05, 0.1) is 12.2 Å². The SMILES string of the molecule is O=C(O)[C@@H]1CN(C(=O)C2CCCCN2C(=O)c2ccco2)C[C@@H]1c1ccccc1. The van der Waals surface area contributed by atoms with E-state index in [0.717, 1.165) is 18.4 Å². The number of carboxylic acids is 1. The maximum atomic E-state index is 13.3. The Morgan fingerprint density at radius 2 is 1.79 bits per heavy atom. The molecule has 2 amide bonds. The maximum absolute atomic E-state index is 13.3. The highest BCUT2D eigenvalue weighted by atomic mass is 16.4. The van der Waals surface area contributed by atoms with Crippen molar-refractivity contribution in [2.45, 2.75) is 31.2 Å². The molecule has 2 aromatic rings. The molecule has 3 heterocycles. The van der Waals surface area contributed by atoms with Gasteiger partial charge >= 0.3 is 5.97 Å². The van der Waals surface area contributed by atoms with Crippen molar-refractivity contribution in [1.29, 1.82) is 0 Å². The van der Waals surface area contributed by atoms with Gasteiger partial charge in [0.15, 0.2) is 5.76 Å². The molecule has 7 heteroatoms. The van der Waals surface area contributed by atoms with Crippen molar-refractivity contribution in [2.24, 2.45) is 5.92 Å². The van der Waals surface area contributed by atoms with Crippen LogP contribution in [0.4, 0.5) is 0 Å². The van der Waals surface area contributed by atoms with Crippen LogP contribution in [-0.2, 0) is 9.59 Å². The zero-order valence-electron chi connectivity index (χ0n) is 16.1. The molecule has 4 rings (SSSR count). The molecule has 7 nitrogen and oxygen atoms in total. The van der Waals surface area contributed by atoms with Crippen LogP contribution >= 0.6 is 0 Å². The zero-order valence-corrected chi connectivity index (χ0v) is 16.1. The highest BCUT2D eigenvalue weighted by molar-refractivity contribution is 5.96. The lowest BCUT2D eigenvalue weighted by molar-refractivity contribution is -0.142. The first-order valence-corrected chi connectivity index (χ1v) is 9.97. The summed E-state index contributed by atoms with van der Waals surface area (Å²) in [5.74, 6) is -2.05. The molecular formula is C22H24N2O5. The lowest BCUT2D eigenvalue weighted by atomic mass is 9.89. The highest BCUT2D eigenvalue weighted by Gasteiger charge is 2.44. The van der Waals surface area contributed by atoms with Crippen LogP contribution < -0.4 is 0 Å². The van der Waals surface area contributed by atoms with Crippen molar-refractivity contribution in [1.82, 2.24) is 9.80 Å². The summed E-state index contributed by atoms with van der Waals surface area (Å²) in [6, 6.07) is 12.1. The molecule has 0 bridgehead atoms. The molecule has 0 saturated carbocycles. The number of hydrogen-bond acceptors (Lipinski definition) is 4. The van der Waals surface area contributed by atoms with Crippen molar-refractivity contribution in [2.75, 3.05) is 19.6 Å². The van der Waals surface area contributed by atoms with Crippen molar-refractivity contribution in [3.05, 3.63) is 60.1 Å². The Bertz CT molecular complexity index is 880. The van der Waals surface area contributed by atoms with Crippen LogP contribution in [0.3, 0.4) is 0 Å². The van der Waals surface area contributed by atoms with E-state index in [2.05, 4.69) is 0 Å². The second-order valence-corrected chi connectivity index (χ2v) is 7.69. The average molecular weight is 396 g/mol. The third-order valence-electron chi connectivity index (χ3n) is 5.96. The van der Waals surface area contributed by atoms with Gasteiger partial charge in [-0.15, -0.1) is 0 Å². The first-order chi connectivity index (χ1) is 14.1. The molecule has 1 unspecified atom stereocenters. The van der Waals surface area contributed by atoms with Crippen molar-refractivity contribution in [3.63, 3.8) is 0 Å². The quantitative estimate of drug-likeness (QED) is 0.858. The van der Waals surface area contributed by atoms with E-state index in [9.17, 15) is 19.5 Å². The minimum absolute atomic E-state index is 0.160. The summed E-state index contributed by atoms with van der Waals surface area (Å²) in [6.45, 7) is 1.00. The van der Waals surface area contributed by atoms with Crippen LogP contribution in [-0.4, -0.2) is 58.4 Å². The van der Waals surface area contributed by atoms with Gasteiger partial charge in [-0.2, -0.15) is 0 Å². The number of carbonyl (C=O) groups excluding carboxylic acids is 2. The summed E-state index contributed by atoms with van der Waals surface area (Å²) in [6.07, 6.45) is 3.71. The van der Waals surface area contributed by atoms with Crippen LogP contribution in [0.15, 0.2) is 53.1 Å². The number of nitrogens with zero attached hydrogens (tertiary/aromatic N) is 2. The molecule has 1 aromatic heterocycles. The van der Waals surface area contributed by atoms with Gasteiger partial charge in [0.2, 0.25) is 5.91 Å². The number of aliphatic carboxylic acids is 1. The van der Waals surface area contributed by atoms with Gasteiger partial charge in [-0.1, -0.05) is 30.3 Å². The minimum atomic E-state index is -0.902. The number of benzene rings is 1. The van der Waals surface area contributed by atoms with Crippen molar-refractivity contribution >= 4 is 17.8 Å². The Kier molecular flexibility index (Phi) is 5.38. The molecule has 0 spiro atoms. The third-order valence-corrected chi connectivity index (χ3v) is 5.96. The summed E-state index contributed by atoms with van der Waals surface area (Å²) >= 11 is 0. The zero-order chi connectivity index (χ0) is 20.4. The molecule has 2 aliphatic heterocycles. The van der Waals surface area contributed by atoms with Crippen molar-refractivity contribution in [3.8, 4) is 0 Å². The second kappa shape index (κ2) is 8.11. The summed E-state index contributed by atoms with van der Waals surface area (Å²) in [5, 5.41) is 9.71. The van der Waals surface area contributed by atoms with Gasteiger partial charge in [0.1, 0.15) is 6.04 Å². The number of hydrogen-bond donors (Lipinski definition) is 1. The molecule has 29 heavy (non-hydrogen) atoms. The van der Waals surface area contributed by atoms with E-state index in [1.165, 1.54) is 6.26 Å². The van der Waals surface area contributed by atoms with Gasteiger partial charge in [-0.25, -0.2) is 0 Å². The first kappa shape index (κ1) is 19.2. The van der Waals surface area contributed by atoms with E-state index >= 15 is 0 Å². The molecular weight excluding hydrogens is 372 g/mol. The molecule has 2 fully saturated rings. The Balaban J connectivity index is 1.54. The molecule has 2 saturated heterocycles. The molecule has 1 aromatic carbocycles. The smallest absolute Gasteiger partial charge is 0.308 e. The Morgan fingerprint density at radius 1 is 1.00 bits per heavy atom. The van der Waals surface area contributed by atoms with Crippen LogP contribution in [0.1, 0.15) is 41.3 Å². The van der Waals surface area contributed by atoms with E-state index < -0.39 is 17.9 Å². The number of likely N-dealkylation sites (tertiary alicyclic amines) is 2. The Morgan fingerprint density at radius 3 is 2.48 bits per heavy atom. The fourth-order valence-corrected chi connectivity index (χ4v) is 4.46. The number of carboxylic acid groups (broad SMARTS) is 1. The normalized spacial score (nSPS) is 24.5. The van der Waals surface area contributed by atoms with E-state index in [4.69, 9.17) is 4.42 Å². The number of rotatable bonds is 4. The lowest BCUT2D eigenvalue weighted by Crippen LogP contribution is -2.52. The summed E-state index contributed by atoms with van der Waals surface area (Å²) < 4.78 is 5.23. The van der Waals surface area contributed by atoms with Crippen molar-refractivity contribution < 1.29 is 23.9 Å². The predicted molar refractivity (Wildman–Crippen MR) is 104 cm³/mol. The summed E-state index contributed by atoms with van der Waals surface area (Å²) in [5.41, 5.74) is 0.919. The molecule has 0 radical (unpaired) electrons. The van der Waals surface area contributed by atoms with E-state index in [1.54, 1.807) is 21.9 Å². The van der Waals surface area contributed by atoms with Gasteiger partial charge in [-0.3, -0.25) is 14.4 Å². The van der Waals surface area contributed by atoms with Crippen LogP contribution in [0.5, 0.6) is 0 Å². The van der Waals surface area contributed by atoms with Crippen LogP contribution in [0.25, 0.3) is 0 Å². The largest absolute Gasteiger partial charge is 0.481 e. The number of piperidine rings is 1. The Labute approximate surface area is 168 Å². The fourth-order valence-electron chi connectivity index (χ4n) is 4.46. The second-order valence-electron chi connectivity index (χ2n) is 7.69. The number of carbonyl (C=O) groups is 3. The number of furan rings is 1. The average Bonchev–Trinajstić information content (AvgIpc) is 3.44.